The van der Waals surface area contributed by atoms with Crippen LogP contribution in [0, 0.1) is 0 Å². The lowest BCUT2D eigenvalue weighted by molar-refractivity contribution is -0.136. The van der Waals surface area contributed by atoms with Crippen LogP contribution in [0.25, 0.3) is 0 Å². The lowest BCUT2D eigenvalue weighted by Gasteiger charge is -2.10. The summed E-state index contributed by atoms with van der Waals surface area (Å²) in [6, 6.07) is 7.71. The smallest absolute Gasteiger partial charge is 0.307 e. The summed E-state index contributed by atoms with van der Waals surface area (Å²) in [7, 11) is 0. The fourth-order valence-corrected chi connectivity index (χ4v) is 3.61. The minimum atomic E-state index is -0.781. The minimum Gasteiger partial charge on any atom is -0.481 e. The standard InChI is InChI=1S/C26H43NO2/c1-2-3-4-5-6-7-8-9-10-11-12-13-14-15-16-19-22-27-25-21-18-17-20-24(25)23-26(28)29/h9-10,17-18,20-21,27H,2-8,11-16,19,22-23H2,1H3,(H,28,29)/b10-9+. The number of rotatable bonds is 19. The number of carbonyl (C=O) groups is 1. The van der Waals surface area contributed by atoms with Crippen molar-refractivity contribution in [3.63, 3.8) is 0 Å². The number of carboxylic acids is 1. The second kappa shape index (κ2) is 18.3. The predicted molar refractivity (Wildman–Crippen MR) is 126 cm³/mol. The third kappa shape index (κ3) is 14.8. The van der Waals surface area contributed by atoms with Gasteiger partial charge in [0.25, 0.3) is 0 Å². The van der Waals surface area contributed by atoms with Crippen LogP contribution in [0.3, 0.4) is 0 Å². The van der Waals surface area contributed by atoms with E-state index in [0.29, 0.717) is 0 Å². The summed E-state index contributed by atoms with van der Waals surface area (Å²) < 4.78 is 0. The number of para-hydroxylation sites is 1. The minimum absolute atomic E-state index is 0.0799. The third-order valence-electron chi connectivity index (χ3n) is 5.36. The first-order valence-corrected chi connectivity index (χ1v) is 11.9. The van der Waals surface area contributed by atoms with Gasteiger partial charge in [-0.2, -0.15) is 0 Å². The van der Waals surface area contributed by atoms with Crippen molar-refractivity contribution in [1.82, 2.24) is 0 Å². The Balaban J connectivity index is 1.90. The van der Waals surface area contributed by atoms with Crippen LogP contribution in [0.5, 0.6) is 0 Å². The molecule has 0 aromatic heterocycles. The molecule has 0 unspecified atom stereocenters. The molecule has 0 aliphatic heterocycles. The summed E-state index contributed by atoms with van der Waals surface area (Å²) in [5.41, 5.74) is 1.83. The van der Waals surface area contributed by atoms with E-state index >= 15 is 0 Å². The molecule has 29 heavy (non-hydrogen) atoms. The molecular formula is C26H43NO2. The van der Waals surface area contributed by atoms with Gasteiger partial charge in [-0.15, -0.1) is 0 Å². The van der Waals surface area contributed by atoms with E-state index in [2.05, 4.69) is 24.4 Å². The van der Waals surface area contributed by atoms with Gasteiger partial charge in [-0.3, -0.25) is 4.79 Å². The second-order valence-electron chi connectivity index (χ2n) is 8.09. The highest BCUT2D eigenvalue weighted by molar-refractivity contribution is 5.73. The van der Waals surface area contributed by atoms with E-state index in [0.717, 1.165) is 24.2 Å². The summed E-state index contributed by atoms with van der Waals surface area (Å²) in [6.07, 6.45) is 23.3. The van der Waals surface area contributed by atoms with Crippen molar-refractivity contribution < 1.29 is 9.90 Å². The fourth-order valence-electron chi connectivity index (χ4n) is 3.61. The molecule has 0 saturated heterocycles. The molecule has 0 fully saturated rings. The number of hydrogen-bond acceptors (Lipinski definition) is 2. The molecule has 0 radical (unpaired) electrons. The van der Waals surface area contributed by atoms with Crippen LogP contribution in [0.4, 0.5) is 5.69 Å². The van der Waals surface area contributed by atoms with Gasteiger partial charge in [-0.1, -0.05) is 95.1 Å². The molecule has 1 aromatic carbocycles. The van der Waals surface area contributed by atoms with Crippen molar-refractivity contribution in [3.05, 3.63) is 42.0 Å². The second-order valence-corrected chi connectivity index (χ2v) is 8.09. The number of hydrogen-bond donors (Lipinski definition) is 2. The molecule has 0 spiro atoms. The van der Waals surface area contributed by atoms with Crippen molar-refractivity contribution in [1.29, 1.82) is 0 Å². The van der Waals surface area contributed by atoms with Gasteiger partial charge in [-0.05, 0) is 43.7 Å². The maximum absolute atomic E-state index is 10.9. The summed E-state index contributed by atoms with van der Waals surface area (Å²) in [6.45, 7) is 3.19. The van der Waals surface area contributed by atoms with E-state index in [1.165, 1.54) is 83.5 Å². The van der Waals surface area contributed by atoms with Crippen molar-refractivity contribution in [2.45, 2.75) is 103 Å². The average molecular weight is 402 g/mol. The van der Waals surface area contributed by atoms with Crippen molar-refractivity contribution >= 4 is 11.7 Å². The Labute approximate surface area is 179 Å². The van der Waals surface area contributed by atoms with Gasteiger partial charge in [0, 0.05) is 12.2 Å². The van der Waals surface area contributed by atoms with Gasteiger partial charge in [0.15, 0.2) is 0 Å². The first kappa shape index (κ1) is 25.3. The molecule has 0 atom stereocenters. The van der Waals surface area contributed by atoms with Crippen molar-refractivity contribution in [2.75, 3.05) is 11.9 Å². The number of aliphatic carboxylic acids is 1. The quantitative estimate of drug-likeness (QED) is 0.184. The van der Waals surface area contributed by atoms with Crippen LogP contribution >= 0.6 is 0 Å². The van der Waals surface area contributed by atoms with Gasteiger partial charge in [0.2, 0.25) is 0 Å². The van der Waals surface area contributed by atoms with Crippen LogP contribution in [0.15, 0.2) is 36.4 Å². The summed E-state index contributed by atoms with van der Waals surface area (Å²) in [5.74, 6) is -0.781. The van der Waals surface area contributed by atoms with Crippen LogP contribution < -0.4 is 5.32 Å². The highest BCUT2D eigenvalue weighted by atomic mass is 16.4. The van der Waals surface area contributed by atoms with E-state index in [9.17, 15) is 4.79 Å². The largest absolute Gasteiger partial charge is 0.481 e. The zero-order valence-corrected chi connectivity index (χ0v) is 18.6. The Morgan fingerprint density at radius 2 is 1.38 bits per heavy atom. The maximum atomic E-state index is 10.9. The summed E-state index contributed by atoms with van der Waals surface area (Å²) in [4.78, 5) is 10.9. The molecule has 3 heteroatoms. The number of anilines is 1. The number of allylic oxidation sites excluding steroid dienone is 2. The van der Waals surface area contributed by atoms with E-state index in [-0.39, 0.29) is 6.42 Å². The van der Waals surface area contributed by atoms with Gasteiger partial charge in [-0.25, -0.2) is 0 Å². The van der Waals surface area contributed by atoms with Crippen LogP contribution in [-0.2, 0) is 11.2 Å². The van der Waals surface area contributed by atoms with Crippen molar-refractivity contribution in [2.24, 2.45) is 0 Å². The van der Waals surface area contributed by atoms with Crippen LogP contribution in [0.1, 0.15) is 102 Å². The molecule has 1 rings (SSSR count). The van der Waals surface area contributed by atoms with Gasteiger partial charge in [0.05, 0.1) is 6.42 Å². The van der Waals surface area contributed by atoms with E-state index < -0.39 is 5.97 Å². The van der Waals surface area contributed by atoms with Gasteiger partial charge >= 0.3 is 5.97 Å². The summed E-state index contributed by atoms with van der Waals surface area (Å²) >= 11 is 0. The molecule has 0 bridgehead atoms. The molecule has 0 heterocycles. The summed E-state index contributed by atoms with van der Waals surface area (Å²) in [5, 5.41) is 12.4. The third-order valence-corrected chi connectivity index (χ3v) is 5.36. The van der Waals surface area contributed by atoms with E-state index in [1.807, 2.05) is 24.3 Å². The van der Waals surface area contributed by atoms with Gasteiger partial charge < -0.3 is 10.4 Å². The lowest BCUT2D eigenvalue weighted by Crippen LogP contribution is -2.07. The van der Waals surface area contributed by atoms with Crippen molar-refractivity contribution in [3.8, 4) is 0 Å². The number of nitrogens with one attached hydrogen (secondary N) is 1. The van der Waals surface area contributed by atoms with E-state index in [1.54, 1.807) is 0 Å². The molecule has 0 saturated carbocycles. The average Bonchev–Trinajstić information content (AvgIpc) is 2.71. The molecule has 164 valence electrons. The number of benzene rings is 1. The monoisotopic (exact) mass is 401 g/mol. The molecule has 0 amide bonds. The lowest BCUT2D eigenvalue weighted by atomic mass is 10.1. The van der Waals surface area contributed by atoms with E-state index in [4.69, 9.17) is 5.11 Å². The Kier molecular flexibility index (Phi) is 15.9. The zero-order valence-electron chi connectivity index (χ0n) is 18.6. The molecular weight excluding hydrogens is 358 g/mol. The molecule has 1 aromatic rings. The first-order chi connectivity index (χ1) is 14.2. The maximum Gasteiger partial charge on any atom is 0.307 e. The zero-order chi connectivity index (χ0) is 21.0. The molecule has 0 aliphatic rings. The molecule has 0 aliphatic carbocycles. The Morgan fingerprint density at radius 3 is 2.00 bits per heavy atom. The predicted octanol–water partition coefficient (Wildman–Crippen LogP) is 7.76. The normalized spacial score (nSPS) is 11.2. The Hall–Kier alpha value is -1.77. The Morgan fingerprint density at radius 1 is 0.828 bits per heavy atom. The van der Waals surface area contributed by atoms with Crippen LogP contribution in [-0.4, -0.2) is 17.6 Å². The number of carboxylic acid groups (broad SMARTS) is 1. The first-order valence-electron chi connectivity index (χ1n) is 11.9. The SMILES string of the molecule is CCCCCCCC/C=C/CCCCCCCCNc1ccccc1CC(=O)O. The highest BCUT2D eigenvalue weighted by Crippen LogP contribution is 2.16. The van der Waals surface area contributed by atoms with Crippen LogP contribution in [0.2, 0.25) is 0 Å². The van der Waals surface area contributed by atoms with Gasteiger partial charge in [0.1, 0.15) is 0 Å². The Bertz CT molecular complexity index is 553. The molecule has 2 N–H and O–H groups in total. The number of unbranched alkanes of at least 4 members (excludes halogenated alkanes) is 12. The molecule has 3 nitrogen and oxygen atoms in total. The topological polar surface area (TPSA) is 49.3 Å². The fraction of sp³-hybridized carbons (Fsp3) is 0.654. The highest BCUT2D eigenvalue weighted by Gasteiger charge is 2.05.